The van der Waals surface area contributed by atoms with E-state index in [4.69, 9.17) is 23.7 Å². The van der Waals surface area contributed by atoms with E-state index in [1.54, 1.807) is 6.08 Å². The topological polar surface area (TPSA) is 59.1 Å². The zero-order chi connectivity index (χ0) is 25.6. The molecule has 0 bridgehead atoms. The third-order valence-corrected chi connectivity index (χ3v) is 6.25. The SMILES string of the molecule is C=CCOCC1COCCOCCN(CC)CCN(C)CCN(C)CCN(CC)CCOCCO1. The lowest BCUT2D eigenvalue weighted by atomic mass is 10.4. The highest BCUT2D eigenvalue weighted by atomic mass is 16.6. The first-order chi connectivity index (χ1) is 17.1. The fraction of sp³-hybridized carbons (Fsp3) is 0.923. The van der Waals surface area contributed by atoms with E-state index in [0.29, 0.717) is 52.9 Å². The smallest absolute Gasteiger partial charge is 0.104 e. The van der Waals surface area contributed by atoms with Crippen LogP contribution in [0.5, 0.6) is 0 Å². The van der Waals surface area contributed by atoms with Crippen molar-refractivity contribution >= 4 is 0 Å². The summed E-state index contributed by atoms with van der Waals surface area (Å²) >= 11 is 0. The highest BCUT2D eigenvalue weighted by Gasteiger charge is 2.11. The average Bonchev–Trinajstić information content (AvgIpc) is 2.86. The lowest BCUT2D eigenvalue weighted by Crippen LogP contribution is -2.40. The second-order valence-corrected chi connectivity index (χ2v) is 9.09. The third-order valence-electron chi connectivity index (χ3n) is 6.25. The molecule has 0 amide bonds. The van der Waals surface area contributed by atoms with Crippen LogP contribution in [0.4, 0.5) is 0 Å². The Kier molecular flexibility index (Phi) is 20.9. The van der Waals surface area contributed by atoms with Crippen molar-refractivity contribution in [3.8, 4) is 0 Å². The van der Waals surface area contributed by atoms with Crippen LogP contribution in [0.15, 0.2) is 12.7 Å². The van der Waals surface area contributed by atoms with Crippen molar-refractivity contribution in [2.45, 2.75) is 20.0 Å². The van der Waals surface area contributed by atoms with Crippen LogP contribution in [0.2, 0.25) is 0 Å². The molecular weight excluding hydrogens is 448 g/mol. The molecule has 9 heteroatoms. The molecular formula is C26H54N4O5. The van der Waals surface area contributed by atoms with E-state index in [9.17, 15) is 0 Å². The van der Waals surface area contributed by atoms with Crippen LogP contribution in [-0.4, -0.2) is 165 Å². The maximum absolute atomic E-state index is 5.95. The molecule has 0 N–H and O–H groups in total. The molecule has 0 saturated carbocycles. The number of rotatable bonds is 6. The van der Waals surface area contributed by atoms with Crippen molar-refractivity contribution in [2.24, 2.45) is 0 Å². The lowest BCUT2D eigenvalue weighted by Gasteiger charge is -2.27. The van der Waals surface area contributed by atoms with E-state index in [2.05, 4.69) is 54.1 Å². The molecule has 1 atom stereocenters. The first-order valence-electron chi connectivity index (χ1n) is 13.4. The summed E-state index contributed by atoms with van der Waals surface area (Å²) in [5.41, 5.74) is 0. The predicted molar refractivity (Wildman–Crippen MR) is 142 cm³/mol. The predicted octanol–water partition coefficient (Wildman–Crippen LogP) is 1.15. The largest absolute Gasteiger partial charge is 0.378 e. The van der Waals surface area contributed by atoms with Gasteiger partial charge in [-0.1, -0.05) is 19.9 Å². The Balaban J connectivity index is 2.53. The van der Waals surface area contributed by atoms with Gasteiger partial charge in [0.1, 0.15) is 6.10 Å². The summed E-state index contributed by atoms with van der Waals surface area (Å²) in [5, 5.41) is 0. The zero-order valence-electron chi connectivity index (χ0n) is 23.1. The van der Waals surface area contributed by atoms with Crippen molar-refractivity contribution in [1.29, 1.82) is 0 Å². The third kappa shape index (κ3) is 18.3. The standard InChI is InChI=1S/C26H54N4O5/c1-6-17-33-24-26-25-34-21-20-31-18-15-29(7-2)13-11-27(4)9-10-28(5)12-14-30(8-3)16-19-32-22-23-35-26/h6,26H,1,7-25H2,2-5H3. The van der Waals surface area contributed by atoms with E-state index >= 15 is 0 Å². The van der Waals surface area contributed by atoms with Gasteiger partial charge in [0.15, 0.2) is 0 Å². The molecule has 1 fully saturated rings. The maximum atomic E-state index is 5.95. The number of hydrogen-bond donors (Lipinski definition) is 0. The zero-order valence-corrected chi connectivity index (χ0v) is 23.1. The quantitative estimate of drug-likeness (QED) is 0.393. The van der Waals surface area contributed by atoms with Crippen LogP contribution >= 0.6 is 0 Å². The van der Waals surface area contributed by atoms with Crippen molar-refractivity contribution in [3.63, 3.8) is 0 Å². The minimum atomic E-state index is -0.126. The van der Waals surface area contributed by atoms with Crippen LogP contribution in [0, 0.1) is 0 Å². The van der Waals surface area contributed by atoms with Crippen LogP contribution in [0.1, 0.15) is 13.8 Å². The highest BCUT2D eigenvalue weighted by Crippen LogP contribution is 1.98. The Labute approximate surface area is 215 Å². The highest BCUT2D eigenvalue weighted by molar-refractivity contribution is 4.66. The number of nitrogens with zero attached hydrogens (tertiary/aromatic N) is 4. The Hall–Kier alpha value is -0.620. The summed E-state index contributed by atoms with van der Waals surface area (Å²) in [4.78, 5) is 9.74. The molecule has 0 aromatic rings. The van der Waals surface area contributed by atoms with Gasteiger partial charge in [-0.2, -0.15) is 0 Å². The van der Waals surface area contributed by atoms with Gasteiger partial charge in [-0.15, -0.1) is 6.58 Å². The summed E-state index contributed by atoms with van der Waals surface area (Å²) in [6.07, 6.45) is 1.62. The van der Waals surface area contributed by atoms with E-state index < -0.39 is 0 Å². The van der Waals surface area contributed by atoms with Gasteiger partial charge in [0.25, 0.3) is 0 Å². The number of hydrogen-bond acceptors (Lipinski definition) is 9. The molecule has 0 aromatic heterocycles. The van der Waals surface area contributed by atoms with E-state index in [1.807, 2.05) is 0 Å². The van der Waals surface area contributed by atoms with Crippen molar-refractivity contribution < 1.29 is 23.7 Å². The summed E-state index contributed by atoms with van der Waals surface area (Å²) < 4.78 is 28.9. The molecule has 1 unspecified atom stereocenters. The molecule has 0 aliphatic carbocycles. The van der Waals surface area contributed by atoms with Crippen LogP contribution in [0.25, 0.3) is 0 Å². The summed E-state index contributed by atoms with van der Waals surface area (Å²) in [6.45, 7) is 23.6. The minimum Gasteiger partial charge on any atom is -0.378 e. The fourth-order valence-corrected chi connectivity index (χ4v) is 3.67. The molecule has 35 heavy (non-hydrogen) atoms. The van der Waals surface area contributed by atoms with Gasteiger partial charge in [0.05, 0.1) is 59.5 Å². The van der Waals surface area contributed by atoms with Gasteiger partial charge in [-0.3, -0.25) is 0 Å². The average molecular weight is 503 g/mol. The summed E-state index contributed by atoms with van der Waals surface area (Å²) in [7, 11) is 4.43. The first kappa shape index (κ1) is 32.4. The molecule has 1 saturated heterocycles. The second kappa shape index (κ2) is 22.6. The van der Waals surface area contributed by atoms with E-state index in [1.165, 1.54) is 0 Å². The molecule has 1 heterocycles. The second-order valence-electron chi connectivity index (χ2n) is 9.09. The normalized spacial score (nSPS) is 24.6. The fourth-order valence-electron chi connectivity index (χ4n) is 3.67. The molecule has 0 aromatic carbocycles. The molecule has 1 aliphatic rings. The van der Waals surface area contributed by atoms with E-state index in [0.717, 1.165) is 72.1 Å². The molecule has 0 radical (unpaired) electrons. The monoisotopic (exact) mass is 502 g/mol. The molecule has 208 valence electrons. The summed E-state index contributed by atoms with van der Waals surface area (Å²) in [5.74, 6) is 0. The minimum absolute atomic E-state index is 0.126. The molecule has 1 aliphatic heterocycles. The van der Waals surface area contributed by atoms with E-state index in [-0.39, 0.29) is 6.10 Å². The van der Waals surface area contributed by atoms with Gasteiger partial charge in [-0.05, 0) is 27.2 Å². The van der Waals surface area contributed by atoms with Crippen LogP contribution < -0.4 is 0 Å². The molecule has 1 rings (SSSR count). The van der Waals surface area contributed by atoms with Crippen LogP contribution in [0.3, 0.4) is 0 Å². The van der Waals surface area contributed by atoms with Gasteiger partial charge in [0.2, 0.25) is 0 Å². The van der Waals surface area contributed by atoms with Crippen molar-refractivity contribution in [2.75, 3.05) is 139 Å². The Morgan fingerprint density at radius 3 is 1.77 bits per heavy atom. The Morgan fingerprint density at radius 2 is 1.23 bits per heavy atom. The first-order valence-corrected chi connectivity index (χ1v) is 13.4. The van der Waals surface area contributed by atoms with Gasteiger partial charge in [-0.25, -0.2) is 0 Å². The maximum Gasteiger partial charge on any atom is 0.104 e. The van der Waals surface area contributed by atoms with Crippen molar-refractivity contribution in [1.82, 2.24) is 19.6 Å². The molecule has 0 spiro atoms. The van der Waals surface area contributed by atoms with Crippen molar-refractivity contribution in [3.05, 3.63) is 12.7 Å². The van der Waals surface area contributed by atoms with Gasteiger partial charge < -0.3 is 43.3 Å². The van der Waals surface area contributed by atoms with Crippen LogP contribution in [-0.2, 0) is 23.7 Å². The Bertz CT molecular complexity index is 489. The summed E-state index contributed by atoms with van der Waals surface area (Å²) in [6, 6.07) is 0. The number of likely N-dealkylation sites (N-methyl/N-ethyl adjacent to an activating group) is 4. The van der Waals surface area contributed by atoms with Gasteiger partial charge in [0, 0.05) is 52.4 Å². The van der Waals surface area contributed by atoms with Gasteiger partial charge >= 0.3 is 0 Å². The molecule has 9 nitrogen and oxygen atoms in total. The Morgan fingerprint density at radius 1 is 0.714 bits per heavy atom. The number of ether oxygens (including phenoxy) is 5. The lowest BCUT2D eigenvalue weighted by molar-refractivity contribution is -0.0765.